The van der Waals surface area contributed by atoms with Crippen LogP contribution in [0.3, 0.4) is 0 Å². The molecule has 1 heterocycles. The fourth-order valence-electron chi connectivity index (χ4n) is 2.56. The number of fused-ring (bicyclic) bond motifs is 1. The molecule has 0 unspecified atom stereocenters. The largest absolute Gasteiger partial charge is 0.458 e. The van der Waals surface area contributed by atoms with Crippen molar-refractivity contribution in [2.24, 2.45) is 0 Å². The zero-order valence-corrected chi connectivity index (χ0v) is 18.6. The van der Waals surface area contributed by atoms with Gasteiger partial charge in [-0.2, -0.15) is 4.98 Å². The Morgan fingerprint density at radius 3 is 2.23 bits per heavy atom. The zero-order chi connectivity index (χ0) is 22.9. The lowest BCUT2D eigenvalue weighted by Gasteiger charge is -2.22. The van der Waals surface area contributed by atoms with Gasteiger partial charge in [-0.05, 0) is 73.1 Å². The minimum atomic E-state index is -0.772. The van der Waals surface area contributed by atoms with E-state index in [1.165, 1.54) is 0 Å². The summed E-state index contributed by atoms with van der Waals surface area (Å²) in [6.45, 7) is 13.8. The Kier molecular flexibility index (Phi) is 6.44. The molecule has 0 aliphatic heterocycles. The van der Waals surface area contributed by atoms with Crippen molar-refractivity contribution >= 4 is 34.7 Å². The second-order valence-corrected chi connectivity index (χ2v) is 8.97. The number of amides is 1. The number of hydrogen-bond donors (Lipinski definition) is 2. The number of hydrogen-bond acceptors (Lipinski definition) is 8. The van der Waals surface area contributed by atoms with Crippen LogP contribution < -0.4 is 16.3 Å². The van der Waals surface area contributed by atoms with Gasteiger partial charge in [0.1, 0.15) is 17.2 Å². The van der Waals surface area contributed by atoms with Crippen molar-refractivity contribution in [1.82, 2.24) is 4.98 Å². The second kappa shape index (κ2) is 8.33. The van der Waals surface area contributed by atoms with Crippen molar-refractivity contribution in [3.63, 3.8) is 0 Å². The number of aromatic nitrogens is 1. The minimum Gasteiger partial charge on any atom is -0.458 e. The lowest BCUT2D eigenvalue weighted by molar-refractivity contribution is -0.155. The molecular formula is C21H29N3O6. The molecule has 0 saturated heterocycles. The van der Waals surface area contributed by atoms with Crippen LogP contribution in [-0.4, -0.2) is 34.3 Å². The third-order valence-corrected chi connectivity index (χ3v) is 3.79. The number of rotatable bonds is 4. The number of carbonyl (C=O) groups excluding carboxylic acids is 2. The van der Waals surface area contributed by atoms with Gasteiger partial charge in [-0.15, -0.1) is 0 Å². The average Bonchev–Trinajstić information content (AvgIpc) is 2.53. The monoisotopic (exact) mass is 419 g/mol. The molecule has 1 aromatic heterocycles. The fourth-order valence-corrected chi connectivity index (χ4v) is 2.56. The minimum absolute atomic E-state index is 0.0990. The van der Waals surface area contributed by atoms with E-state index in [-0.39, 0.29) is 11.4 Å². The van der Waals surface area contributed by atoms with Crippen molar-refractivity contribution in [2.45, 2.75) is 72.6 Å². The lowest BCUT2D eigenvalue weighted by Crippen LogP contribution is -2.35. The Labute approximate surface area is 175 Å². The van der Waals surface area contributed by atoms with Crippen molar-refractivity contribution in [2.75, 3.05) is 10.6 Å². The number of nitrogens with zero attached hydrogens (tertiary/aromatic N) is 1. The summed E-state index contributed by atoms with van der Waals surface area (Å²) in [5, 5.41) is 5.59. The van der Waals surface area contributed by atoms with Crippen molar-refractivity contribution in [3.05, 3.63) is 28.1 Å². The first-order valence-electron chi connectivity index (χ1n) is 9.60. The van der Waals surface area contributed by atoms with E-state index in [2.05, 4.69) is 15.6 Å². The molecule has 1 atom stereocenters. The van der Waals surface area contributed by atoms with Crippen molar-refractivity contribution in [1.29, 1.82) is 0 Å². The van der Waals surface area contributed by atoms with Crippen LogP contribution in [0.4, 0.5) is 16.5 Å². The highest BCUT2D eigenvalue weighted by molar-refractivity contribution is 5.93. The van der Waals surface area contributed by atoms with Crippen molar-refractivity contribution < 1.29 is 23.5 Å². The van der Waals surface area contributed by atoms with Gasteiger partial charge in [0.05, 0.1) is 10.9 Å². The van der Waals surface area contributed by atoms with Crippen LogP contribution in [-0.2, 0) is 14.3 Å². The van der Waals surface area contributed by atoms with Gasteiger partial charge < -0.3 is 19.2 Å². The number of nitrogens with one attached hydrogen (secondary N) is 2. The number of anilines is 2. The predicted octanol–water partition coefficient (Wildman–Crippen LogP) is 3.99. The van der Waals surface area contributed by atoms with E-state index in [4.69, 9.17) is 13.9 Å². The highest BCUT2D eigenvalue weighted by Gasteiger charge is 2.23. The first kappa shape index (κ1) is 23.2. The van der Waals surface area contributed by atoms with Crippen LogP contribution in [0.2, 0.25) is 0 Å². The van der Waals surface area contributed by atoms with E-state index in [1.807, 2.05) is 0 Å². The summed E-state index contributed by atoms with van der Waals surface area (Å²) in [4.78, 5) is 41.0. The normalized spacial score (nSPS) is 12.9. The first-order chi connectivity index (χ1) is 13.7. The molecule has 0 fully saturated rings. The molecule has 2 aromatic rings. The van der Waals surface area contributed by atoms with Gasteiger partial charge in [0.25, 0.3) is 6.01 Å². The van der Waals surface area contributed by atoms with Gasteiger partial charge in [0.15, 0.2) is 0 Å². The highest BCUT2D eigenvalue weighted by atomic mass is 16.6. The zero-order valence-electron chi connectivity index (χ0n) is 18.6. The van der Waals surface area contributed by atoms with Gasteiger partial charge in [-0.25, -0.2) is 14.4 Å². The van der Waals surface area contributed by atoms with E-state index in [1.54, 1.807) is 67.5 Å². The van der Waals surface area contributed by atoms with Gasteiger partial charge in [0.2, 0.25) is 0 Å². The summed E-state index contributed by atoms with van der Waals surface area (Å²) in [5.74, 6) is -0.500. The molecule has 0 aliphatic rings. The molecule has 30 heavy (non-hydrogen) atoms. The van der Waals surface area contributed by atoms with E-state index in [0.29, 0.717) is 16.8 Å². The number of aryl methyl sites for hydroxylation is 1. The molecule has 9 nitrogen and oxygen atoms in total. The summed E-state index contributed by atoms with van der Waals surface area (Å²) in [5.41, 5.74) is -0.679. The third-order valence-electron chi connectivity index (χ3n) is 3.79. The van der Waals surface area contributed by atoms with Gasteiger partial charge in [0, 0.05) is 5.69 Å². The van der Waals surface area contributed by atoms with Gasteiger partial charge >= 0.3 is 17.7 Å². The Hall–Kier alpha value is -3.10. The Bertz CT molecular complexity index is 1010. The molecule has 2 N–H and O–H groups in total. The Morgan fingerprint density at radius 2 is 1.67 bits per heavy atom. The van der Waals surface area contributed by atoms with E-state index in [0.717, 1.165) is 0 Å². The van der Waals surface area contributed by atoms with Crippen LogP contribution in [0.15, 0.2) is 21.3 Å². The van der Waals surface area contributed by atoms with E-state index in [9.17, 15) is 14.4 Å². The molecule has 0 aliphatic carbocycles. The fraction of sp³-hybridized carbons (Fsp3) is 0.524. The number of esters is 1. The predicted molar refractivity (Wildman–Crippen MR) is 114 cm³/mol. The maximum Gasteiger partial charge on any atom is 0.412 e. The molecule has 164 valence electrons. The smallest absolute Gasteiger partial charge is 0.412 e. The number of carbonyl (C=O) groups is 2. The molecule has 0 bridgehead atoms. The quantitative estimate of drug-likeness (QED) is 0.714. The maximum absolute atomic E-state index is 12.6. The molecule has 2 rings (SSSR count). The van der Waals surface area contributed by atoms with Crippen LogP contribution in [0.5, 0.6) is 0 Å². The van der Waals surface area contributed by atoms with Crippen LogP contribution >= 0.6 is 0 Å². The standard InChI is InChI=1S/C21H29N3O6/c1-11-13(24-19(27)30-21(6,7)8)9-10-14-15(11)17(26)28-18(23-14)22-12(2)16(25)29-20(3,4)5/h9-10,12H,1-8H3,(H,22,23)(H,24,27)/t12-/m0/s1. The van der Waals surface area contributed by atoms with Crippen LogP contribution in [0.25, 0.3) is 10.9 Å². The highest BCUT2D eigenvalue weighted by Crippen LogP contribution is 2.24. The average molecular weight is 419 g/mol. The lowest BCUT2D eigenvalue weighted by atomic mass is 10.1. The molecule has 1 aromatic carbocycles. The number of benzene rings is 1. The summed E-state index contributed by atoms with van der Waals surface area (Å²) in [6, 6.07) is 2.33. The molecule has 1 amide bonds. The summed E-state index contributed by atoms with van der Waals surface area (Å²) in [6.07, 6.45) is -0.633. The SMILES string of the molecule is Cc1c(NC(=O)OC(C)(C)C)ccc2nc(N[C@@H](C)C(=O)OC(C)(C)C)oc(=O)c12. The first-order valence-corrected chi connectivity index (χ1v) is 9.60. The Morgan fingerprint density at radius 1 is 1.07 bits per heavy atom. The summed E-state index contributed by atoms with van der Waals surface area (Å²) in [7, 11) is 0. The molecule has 9 heteroatoms. The molecule has 0 spiro atoms. The Balaban J connectivity index is 2.28. The van der Waals surface area contributed by atoms with E-state index < -0.39 is 34.9 Å². The number of ether oxygens (including phenoxy) is 2. The maximum atomic E-state index is 12.6. The summed E-state index contributed by atoms with van der Waals surface area (Å²) >= 11 is 0. The van der Waals surface area contributed by atoms with Crippen LogP contribution in [0.1, 0.15) is 54.0 Å². The molecule has 0 saturated carbocycles. The molecule has 0 radical (unpaired) electrons. The topological polar surface area (TPSA) is 120 Å². The van der Waals surface area contributed by atoms with Crippen molar-refractivity contribution in [3.8, 4) is 0 Å². The van der Waals surface area contributed by atoms with E-state index >= 15 is 0 Å². The second-order valence-electron chi connectivity index (χ2n) is 8.97. The third kappa shape index (κ3) is 6.20. The van der Waals surface area contributed by atoms with Crippen LogP contribution in [0, 0.1) is 6.92 Å². The molecular weight excluding hydrogens is 390 g/mol. The summed E-state index contributed by atoms with van der Waals surface area (Å²) < 4.78 is 15.8. The van der Waals surface area contributed by atoms with Gasteiger partial charge in [-0.3, -0.25) is 5.32 Å². The van der Waals surface area contributed by atoms with Gasteiger partial charge in [-0.1, -0.05) is 0 Å².